The molecule has 0 fully saturated rings. The van der Waals surface area contributed by atoms with Crippen molar-refractivity contribution in [3.8, 4) is 33.4 Å². The Bertz CT molecular complexity index is 2540. The van der Waals surface area contributed by atoms with Gasteiger partial charge in [0.1, 0.15) is 4.83 Å². The van der Waals surface area contributed by atoms with Gasteiger partial charge in [-0.15, -0.1) is 11.3 Å². The van der Waals surface area contributed by atoms with Gasteiger partial charge >= 0.3 is 0 Å². The lowest BCUT2D eigenvalue weighted by atomic mass is 9.99. The zero-order valence-electron chi connectivity index (χ0n) is 26.1. The highest BCUT2D eigenvalue weighted by Gasteiger charge is 2.21. The fourth-order valence-electron chi connectivity index (χ4n) is 6.75. The highest BCUT2D eigenvalue weighted by atomic mass is 32.1. The van der Waals surface area contributed by atoms with Crippen LogP contribution < -0.4 is 4.90 Å². The summed E-state index contributed by atoms with van der Waals surface area (Å²) in [5.74, 6) is 0. The van der Waals surface area contributed by atoms with Gasteiger partial charge in [0, 0.05) is 32.1 Å². The van der Waals surface area contributed by atoms with Crippen LogP contribution >= 0.6 is 11.3 Å². The molecule has 0 aliphatic carbocycles. The smallest absolute Gasteiger partial charge is 0.125 e. The van der Waals surface area contributed by atoms with E-state index in [2.05, 4.69) is 187 Å². The van der Waals surface area contributed by atoms with Crippen molar-refractivity contribution < 1.29 is 0 Å². The van der Waals surface area contributed by atoms with Crippen LogP contribution in [0.5, 0.6) is 0 Å². The second-order valence-electron chi connectivity index (χ2n) is 12.0. The van der Waals surface area contributed by atoms with E-state index in [1.54, 1.807) is 11.3 Å². The van der Waals surface area contributed by atoms with E-state index in [1.807, 2.05) is 0 Å². The molecule has 2 heterocycles. The molecule has 0 spiro atoms. The lowest BCUT2D eigenvalue weighted by Gasteiger charge is -2.29. The highest BCUT2D eigenvalue weighted by molar-refractivity contribution is 7.25. The van der Waals surface area contributed by atoms with E-state index in [0.29, 0.717) is 0 Å². The van der Waals surface area contributed by atoms with Gasteiger partial charge in [0.25, 0.3) is 0 Å². The Labute approximate surface area is 283 Å². The van der Waals surface area contributed by atoms with Crippen LogP contribution in [0.25, 0.3) is 64.6 Å². The van der Waals surface area contributed by atoms with Gasteiger partial charge in [0.2, 0.25) is 0 Å². The maximum absolute atomic E-state index is 5.10. The first-order chi connectivity index (χ1) is 23.8. The summed E-state index contributed by atoms with van der Waals surface area (Å²) >= 11 is 1.76. The Hall–Kier alpha value is -6.03. The zero-order valence-corrected chi connectivity index (χ0v) is 26.9. The molecular weight excluding hydrogens is 601 g/mol. The predicted octanol–water partition coefficient (Wildman–Crippen LogP) is 13.1. The third-order valence-electron chi connectivity index (χ3n) is 9.09. The van der Waals surface area contributed by atoms with Gasteiger partial charge < -0.3 is 4.90 Å². The summed E-state index contributed by atoms with van der Waals surface area (Å²) in [5.41, 5.74) is 11.6. The number of anilines is 3. The molecule has 9 rings (SSSR count). The molecule has 2 aromatic heterocycles. The third kappa shape index (κ3) is 5.02. The second kappa shape index (κ2) is 12.0. The minimum atomic E-state index is 1.02. The van der Waals surface area contributed by atoms with E-state index in [9.17, 15) is 0 Å². The van der Waals surface area contributed by atoms with Gasteiger partial charge in [0.15, 0.2) is 0 Å². The monoisotopic (exact) mass is 630 g/mol. The molecular formula is C45H30N2S. The van der Waals surface area contributed by atoms with Crippen molar-refractivity contribution in [1.29, 1.82) is 0 Å². The van der Waals surface area contributed by atoms with Crippen molar-refractivity contribution in [3.63, 3.8) is 0 Å². The molecule has 0 amide bonds. The lowest BCUT2D eigenvalue weighted by Crippen LogP contribution is -2.11. The molecule has 2 nitrogen and oxygen atoms in total. The predicted molar refractivity (Wildman–Crippen MR) is 206 cm³/mol. The molecule has 7 aromatic carbocycles. The van der Waals surface area contributed by atoms with E-state index in [0.717, 1.165) is 32.8 Å². The molecule has 0 atom stereocenters. The van der Waals surface area contributed by atoms with Crippen LogP contribution in [0, 0.1) is 0 Å². The number of nitrogens with zero attached hydrogens (tertiary/aromatic N) is 2. The minimum absolute atomic E-state index is 1.02. The van der Waals surface area contributed by atoms with Crippen LogP contribution in [0.4, 0.5) is 17.1 Å². The maximum Gasteiger partial charge on any atom is 0.125 e. The normalized spacial score (nSPS) is 11.3. The topological polar surface area (TPSA) is 16.1 Å². The van der Waals surface area contributed by atoms with E-state index in [4.69, 9.17) is 4.98 Å². The van der Waals surface area contributed by atoms with Crippen molar-refractivity contribution in [1.82, 2.24) is 4.98 Å². The molecule has 0 N–H and O–H groups in total. The summed E-state index contributed by atoms with van der Waals surface area (Å²) in [7, 11) is 0. The van der Waals surface area contributed by atoms with Crippen LogP contribution in [-0.2, 0) is 0 Å². The van der Waals surface area contributed by atoms with Crippen molar-refractivity contribution in [3.05, 3.63) is 182 Å². The SMILES string of the molecule is c1ccc(-c2ccc(-c3ccc(N(c4ccccc4-c4ccccc4)c4cccc5sc6nc7ccccc7cc6c45)cc3)cc2)cc1. The van der Waals surface area contributed by atoms with E-state index >= 15 is 0 Å². The zero-order chi connectivity index (χ0) is 31.9. The molecule has 0 saturated heterocycles. The van der Waals surface area contributed by atoms with Crippen molar-refractivity contribution in [2.75, 3.05) is 4.90 Å². The van der Waals surface area contributed by atoms with Gasteiger partial charge in [-0.3, -0.25) is 0 Å². The minimum Gasteiger partial charge on any atom is -0.309 e. The first-order valence-electron chi connectivity index (χ1n) is 16.2. The Morgan fingerprint density at radius 1 is 0.438 bits per heavy atom. The van der Waals surface area contributed by atoms with Crippen molar-refractivity contribution in [2.45, 2.75) is 0 Å². The molecule has 0 unspecified atom stereocenters. The molecule has 3 heteroatoms. The van der Waals surface area contributed by atoms with Gasteiger partial charge in [-0.05, 0) is 70.3 Å². The van der Waals surface area contributed by atoms with Crippen LogP contribution in [0.15, 0.2) is 182 Å². The van der Waals surface area contributed by atoms with Gasteiger partial charge in [-0.2, -0.15) is 0 Å². The summed E-state index contributed by atoms with van der Waals surface area (Å²) in [4.78, 5) is 8.58. The number of para-hydroxylation sites is 2. The van der Waals surface area contributed by atoms with Crippen LogP contribution in [0.2, 0.25) is 0 Å². The van der Waals surface area contributed by atoms with E-state index in [-0.39, 0.29) is 0 Å². The maximum atomic E-state index is 5.10. The summed E-state index contributed by atoms with van der Waals surface area (Å²) in [5, 5.41) is 3.55. The molecule has 9 aromatic rings. The van der Waals surface area contributed by atoms with Gasteiger partial charge in [-0.1, -0.05) is 140 Å². The number of hydrogen-bond donors (Lipinski definition) is 0. The Kier molecular flexibility index (Phi) is 7.03. The molecule has 0 bridgehead atoms. The first-order valence-corrected chi connectivity index (χ1v) is 17.0. The summed E-state index contributed by atoms with van der Waals surface area (Å²) in [6, 6.07) is 65.1. The average Bonchev–Trinajstić information content (AvgIpc) is 3.53. The standard InChI is InChI=1S/C45H30N2S/c1-3-12-31(13-4-1)32-22-24-33(25-23-32)34-26-28-37(29-27-34)47(41-19-10-8-17-38(41)35-14-5-2-6-15-35)42-20-11-21-43-44(42)39-30-36-16-7-9-18-40(36)46-45(39)48-43/h1-30H. The number of aromatic nitrogens is 1. The van der Waals surface area contributed by atoms with E-state index < -0.39 is 0 Å². The number of fused-ring (bicyclic) bond motifs is 4. The summed E-state index contributed by atoms with van der Waals surface area (Å²) < 4.78 is 1.22. The van der Waals surface area contributed by atoms with Crippen LogP contribution in [0.1, 0.15) is 0 Å². The van der Waals surface area contributed by atoms with E-state index in [1.165, 1.54) is 48.9 Å². The Balaban J connectivity index is 1.22. The fourth-order valence-corrected chi connectivity index (χ4v) is 7.83. The Morgan fingerprint density at radius 3 is 1.73 bits per heavy atom. The number of pyridine rings is 1. The highest BCUT2D eigenvalue weighted by Crippen LogP contribution is 2.47. The number of hydrogen-bond acceptors (Lipinski definition) is 3. The molecule has 48 heavy (non-hydrogen) atoms. The van der Waals surface area contributed by atoms with Gasteiger partial charge in [0.05, 0.1) is 16.9 Å². The van der Waals surface area contributed by atoms with Gasteiger partial charge in [-0.25, -0.2) is 4.98 Å². The quantitative estimate of drug-likeness (QED) is 0.182. The lowest BCUT2D eigenvalue weighted by molar-refractivity contribution is 1.30. The summed E-state index contributed by atoms with van der Waals surface area (Å²) in [6.07, 6.45) is 0. The van der Waals surface area contributed by atoms with Crippen LogP contribution in [0.3, 0.4) is 0 Å². The number of rotatable bonds is 6. The molecule has 0 radical (unpaired) electrons. The van der Waals surface area contributed by atoms with Crippen molar-refractivity contribution >= 4 is 59.6 Å². The molecule has 226 valence electrons. The summed E-state index contributed by atoms with van der Waals surface area (Å²) in [6.45, 7) is 0. The first kappa shape index (κ1) is 28.2. The molecule has 0 aliphatic heterocycles. The number of thiophene rings is 1. The number of benzene rings is 7. The molecule has 0 aliphatic rings. The molecule has 0 saturated carbocycles. The third-order valence-corrected chi connectivity index (χ3v) is 10.2. The second-order valence-corrected chi connectivity index (χ2v) is 13.0. The van der Waals surface area contributed by atoms with Crippen molar-refractivity contribution in [2.24, 2.45) is 0 Å². The fraction of sp³-hybridized carbons (Fsp3) is 0. The Morgan fingerprint density at radius 2 is 1.00 bits per heavy atom. The largest absolute Gasteiger partial charge is 0.309 e. The average molecular weight is 631 g/mol. The van der Waals surface area contributed by atoms with Crippen LogP contribution in [-0.4, -0.2) is 4.98 Å².